The summed E-state index contributed by atoms with van der Waals surface area (Å²) in [5.41, 5.74) is 0.741. The van der Waals surface area contributed by atoms with Crippen LogP contribution in [0.5, 0.6) is 0 Å². The zero-order valence-electron chi connectivity index (χ0n) is 11.6. The molecule has 0 radical (unpaired) electrons. The molecule has 2 N–H and O–H groups in total. The van der Waals surface area contributed by atoms with E-state index in [0.717, 1.165) is 10.2 Å². The molecule has 2 unspecified atom stereocenters. The first-order chi connectivity index (χ1) is 10.2. The van der Waals surface area contributed by atoms with Crippen LogP contribution in [0, 0.1) is 0 Å². The van der Waals surface area contributed by atoms with Gasteiger partial charge in [-0.25, -0.2) is 22.8 Å². The van der Waals surface area contributed by atoms with Crippen molar-refractivity contribution in [3.63, 3.8) is 0 Å². The van der Waals surface area contributed by atoms with E-state index in [1.165, 1.54) is 0 Å². The molecule has 0 amide bonds. The number of hydrogen-bond donors (Lipinski definition) is 2. The van der Waals surface area contributed by atoms with Crippen LogP contribution in [0.4, 0.5) is 13.2 Å². The first-order valence-electron chi connectivity index (χ1n) is 6.70. The second kappa shape index (κ2) is 4.79. The van der Waals surface area contributed by atoms with Crippen molar-refractivity contribution < 1.29 is 23.4 Å². The van der Waals surface area contributed by atoms with Gasteiger partial charge in [0.25, 0.3) is 5.79 Å². The van der Waals surface area contributed by atoms with E-state index in [-0.39, 0.29) is 12.2 Å². The molecule has 1 aromatic carbocycles. The highest BCUT2D eigenvalue weighted by atomic mass is 19.3. The topological polar surface area (TPSA) is 71.2 Å². The van der Waals surface area contributed by atoms with Crippen LogP contribution in [0.2, 0.25) is 0 Å². The summed E-state index contributed by atoms with van der Waals surface area (Å²) in [5.74, 6) is -8.52. The van der Waals surface area contributed by atoms with Crippen molar-refractivity contribution in [2.45, 2.75) is 37.3 Å². The fraction of sp³-hybridized carbons (Fsp3) is 0.429. The maximum atomic E-state index is 14.1. The summed E-state index contributed by atoms with van der Waals surface area (Å²) >= 11 is 0. The molecule has 2 atom stereocenters. The molecule has 2 aromatic rings. The Hall–Kier alpha value is -1.93. The molecule has 1 aromatic heterocycles. The summed E-state index contributed by atoms with van der Waals surface area (Å²) < 4.78 is 41.8. The maximum Gasteiger partial charge on any atom is 0.305 e. The number of rotatable bonds is 3. The minimum atomic E-state index is -3.89. The number of nitrogens with zero attached hydrogens (tertiary/aromatic N) is 3. The molecular weight excluding hydrogens is 299 g/mol. The van der Waals surface area contributed by atoms with E-state index < -0.39 is 29.7 Å². The van der Waals surface area contributed by atoms with Crippen LogP contribution in [0.1, 0.15) is 42.8 Å². The Labute approximate surface area is 124 Å². The average Bonchev–Trinajstić information content (AvgIpc) is 3.00. The lowest BCUT2D eigenvalue weighted by Crippen LogP contribution is -2.44. The van der Waals surface area contributed by atoms with Gasteiger partial charge >= 0.3 is 5.92 Å². The summed E-state index contributed by atoms with van der Waals surface area (Å²) in [4.78, 5) is 3.58. The standard InChI is InChI=1S/C14H14F3N3O2/c1-13(16,17)14(21,22)12-18-11-9(15)7-10(20(11)19-12)8-5-3-2-4-6-8/h2-6,9-10,21-22H,7H2,1H3. The molecular formula is C14H14F3N3O2. The van der Waals surface area contributed by atoms with E-state index in [2.05, 4.69) is 10.1 Å². The Kier molecular flexibility index (Phi) is 3.26. The van der Waals surface area contributed by atoms with Crippen LogP contribution < -0.4 is 0 Å². The molecule has 2 heterocycles. The van der Waals surface area contributed by atoms with Crippen molar-refractivity contribution in [1.82, 2.24) is 14.8 Å². The molecule has 1 aliphatic rings. The largest absolute Gasteiger partial charge is 0.355 e. The molecule has 5 nitrogen and oxygen atoms in total. The molecule has 0 saturated heterocycles. The monoisotopic (exact) mass is 313 g/mol. The van der Waals surface area contributed by atoms with Crippen molar-refractivity contribution in [3.8, 4) is 0 Å². The molecule has 0 bridgehead atoms. The van der Waals surface area contributed by atoms with Gasteiger partial charge in [-0.15, -0.1) is 5.10 Å². The van der Waals surface area contributed by atoms with Crippen LogP contribution in [-0.2, 0) is 5.79 Å². The van der Waals surface area contributed by atoms with Crippen molar-refractivity contribution in [2.75, 3.05) is 0 Å². The SMILES string of the molecule is CC(F)(F)C(O)(O)c1nc2n(n1)C(c1ccccc1)CC2F. The number of benzene rings is 1. The van der Waals surface area contributed by atoms with Crippen LogP contribution in [0.25, 0.3) is 0 Å². The van der Waals surface area contributed by atoms with Gasteiger partial charge < -0.3 is 10.2 Å². The van der Waals surface area contributed by atoms with Gasteiger partial charge in [0.05, 0.1) is 6.04 Å². The van der Waals surface area contributed by atoms with Crippen molar-refractivity contribution >= 4 is 0 Å². The lowest BCUT2D eigenvalue weighted by molar-refractivity contribution is -0.302. The lowest BCUT2D eigenvalue weighted by atomic mass is 10.0. The summed E-state index contributed by atoms with van der Waals surface area (Å²) in [6.45, 7) is 0.334. The Morgan fingerprint density at radius 1 is 1.23 bits per heavy atom. The number of fused-ring (bicyclic) bond motifs is 1. The van der Waals surface area contributed by atoms with E-state index in [0.29, 0.717) is 6.92 Å². The molecule has 0 spiro atoms. The number of aliphatic hydroxyl groups is 2. The average molecular weight is 313 g/mol. The van der Waals surface area contributed by atoms with Crippen LogP contribution in [-0.4, -0.2) is 30.9 Å². The second-order valence-electron chi connectivity index (χ2n) is 5.43. The van der Waals surface area contributed by atoms with Gasteiger partial charge in [-0.3, -0.25) is 0 Å². The number of aromatic nitrogens is 3. The fourth-order valence-electron chi connectivity index (χ4n) is 2.48. The summed E-state index contributed by atoms with van der Waals surface area (Å²) in [7, 11) is 0. The highest BCUT2D eigenvalue weighted by molar-refractivity contribution is 5.24. The smallest absolute Gasteiger partial charge is 0.305 e. The summed E-state index contributed by atoms with van der Waals surface area (Å²) in [6, 6.07) is 8.32. The predicted molar refractivity (Wildman–Crippen MR) is 69.8 cm³/mol. The van der Waals surface area contributed by atoms with Crippen molar-refractivity contribution in [3.05, 3.63) is 47.5 Å². The van der Waals surface area contributed by atoms with Crippen molar-refractivity contribution in [1.29, 1.82) is 0 Å². The van der Waals surface area contributed by atoms with E-state index >= 15 is 0 Å². The summed E-state index contributed by atoms with van der Waals surface area (Å²) in [6.07, 6.45) is -1.43. The molecule has 0 fully saturated rings. The number of alkyl halides is 3. The molecule has 1 aliphatic heterocycles. The quantitative estimate of drug-likeness (QED) is 0.851. The minimum Gasteiger partial charge on any atom is -0.355 e. The molecule has 8 heteroatoms. The Morgan fingerprint density at radius 3 is 2.45 bits per heavy atom. The van der Waals surface area contributed by atoms with E-state index in [9.17, 15) is 23.4 Å². The Balaban J connectivity index is 2.04. The van der Waals surface area contributed by atoms with Crippen LogP contribution >= 0.6 is 0 Å². The maximum absolute atomic E-state index is 14.1. The van der Waals surface area contributed by atoms with E-state index in [4.69, 9.17) is 0 Å². The lowest BCUT2D eigenvalue weighted by Gasteiger charge is -2.25. The van der Waals surface area contributed by atoms with Crippen LogP contribution in [0.3, 0.4) is 0 Å². The van der Waals surface area contributed by atoms with E-state index in [1.54, 1.807) is 30.3 Å². The third kappa shape index (κ3) is 2.19. The van der Waals surface area contributed by atoms with Gasteiger partial charge in [-0.05, 0) is 5.56 Å². The highest BCUT2D eigenvalue weighted by Crippen LogP contribution is 2.41. The Morgan fingerprint density at radius 2 is 1.86 bits per heavy atom. The number of halogens is 3. The van der Waals surface area contributed by atoms with Gasteiger partial charge in [0, 0.05) is 13.3 Å². The fourth-order valence-corrected chi connectivity index (χ4v) is 2.48. The van der Waals surface area contributed by atoms with Gasteiger partial charge in [0.1, 0.15) is 0 Å². The zero-order chi connectivity index (χ0) is 16.1. The molecule has 22 heavy (non-hydrogen) atoms. The van der Waals surface area contributed by atoms with Gasteiger partial charge in [0.2, 0.25) is 5.82 Å². The molecule has 118 valence electrons. The summed E-state index contributed by atoms with van der Waals surface area (Å²) in [5, 5.41) is 22.9. The Bertz CT molecular complexity index is 682. The number of hydrogen-bond acceptors (Lipinski definition) is 4. The van der Waals surface area contributed by atoms with Gasteiger partial charge in [0.15, 0.2) is 12.0 Å². The van der Waals surface area contributed by atoms with Gasteiger partial charge in [-0.1, -0.05) is 30.3 Å². The third-order valence-electron chi connectivity index (χ3n) is 3.77. The van der Waals surface area contributed by atoms with Crippen molar-refractivity contribution in [2.24, 2.45) is 0 Å². The van der Waals surface area contributed by atoms with Crippen LogP contribution in [0.15, 0.2) is 30.3 Å². The zero-order valence-corrected chi connectivity index (χ0v) is 11.6. The predicted octanol–water partition coefficient (Wildman–Crippen LogP) is 2.07. The minimum absolute atomic E-state index is 0.0754. The second-order valence-corrected chi connectivity index (χ2v) is 5.43. The van der Waals surface area contributed by atoms with Gasteiger partial charge in [-0.2, -0.15) is 0 Å². The third-order valence-corrected chi connectivity index (χ3v) is 3.77. The molecule has 3 rings (SSSR count). The highest BCUT2D eigenvalue weighted by Gasteiger charge is 2.53. The van der Waals surface area contributed by atoms with E-state index in [1.807, 2.05) is 0 Å². The molecule has 0 aliphatic carbocycles. The normalized spacial score (nSPS) is 21.9. The first-order valence-corrected chi connectivity index (χ1v) is 6.70. The first kappa shape index (κ1) is 15.0. The molecule has 0 saturated carbocycles.